The van der Waals surface area contributed by atoms with E-state index in [9.17, 15) is 9.59 Å². The van der Waals surface area contributed by atoms with Crippen LogP contribution < -0.4 is 10.1 Å². The molecular formula is C17H19N3O4. The van der Waals surface area contributed by atoms with E-state index in [2.05, 4.69) is 10.3 Å². The summed E-state index contributed by atoms with van der Waals surface area (Å²) in [5.74, 6) is 0.273. The normalized spacial score (nSPS) is 15.1. The molecule has 1 aliphatic rings. The number of amides is 2. The number of nitrogens with one attached hydrogen (secondary N) is 1. The maximum Gasteiger partial charge on any atom is 0.257 e. The van der Waals surface area contributed by atoms with Crippen LogP contribution in [0.3, 0.4) is 0 Å². The minimum atomic E-state index is -0.162. The van der Waals surface area contributed by atoms with Gasteiger partial charge in [0.25, 0.3) is 11.8 Å². The van der Waals surface area contributed by atoms with Crippen molar-refractivity contribution in [3.63, 3.8) is 0 Å². The number of methoxy groups -OCH3 is 1. The van der Waals surface area contributed by atoms with Crippen LogP contribution in [0.4, 0.5) is 0 Å². The van der Waals surface area contributed by atoms with Crippen LogP contribution in [0.2, 0.25) is 0 Å². The van der Waals surface area contributed by atoms with Gasteiger partial charge in [0, 0.05) is 31.4 Å². The Bertz CT molecular complexity index is 689. The topological polar surface area (TPSA) is 84.7 Å². The molecule has 0 radical (unpaired) electrons. The van der Waals surface area contributed by atoms with Crippen molar-refractivity contribution in [2.24, 2.45) is 0 Å². The van der Waals surface area contributed by atoms with Gasteiger partial charge in [-0.15, -0.1) is 0 Å². The highest BCUT2D eigenvalue weighted by Crippen LogP contribution is 2.15. The van der Waals surface area contributed by atoms with E-state index in [-0.39, 0.29) is 17.9 Å². The molecule has 3 rings (SSSR count). The maximum atomic E-state index is 12.2. The number of furan rings is 1. The van der Waals surface area contributed by atoms with Crippen LogP contribution in [0.15, 0.2) is 41.3 Å². The Balaban J connectivity index is 1.51. The summed E-state index contributed by atoms with van der Waals surface area (Å²) in [5, 5.41) is 2.99. The molecular weight excluding hydrogens is 310 g/mol. The number of piperidine rings is 1. The maximum absolute atomic E-state index is 12.2. The second-order valence-electron chi connectivity index (χ2n) is 5.64. The molecule has 0 atom stereocenters. The van der Waals surface area contributed by atoms with Crippen molar-refractivity contribution in [2.75, 3.05) is 20.2 Å². The molecule has 1 aliphatic heterocycles. The zero-order valence-electron chi connectivity index (χ0n) is 13.4. The molecule has 7 heteroatoms. The van der Waals surface area contributed by atoms with Crippen LogP contribution in [0, 0.1) is 0 Å². The monoisotopic (exact) mass is 329 g/mol. The first-order chi connectivity index (χ1) is 11.7. The third-order valence-electron chi connectivity index (χ3n) is 4.09. The van der Waals surface area contributed by atoms with Gasteiger partial charge >= 0.3 is 0 Å². The molecule has 0 bridgehead atoms. The van der Waals surface area contributed by atoms with Gasteiger partial charge in [0.2, 0.25) is 5.88 Å². The Morgan fingerprint density at radius 3 is 2.62 bits per heavy atom. The number of hydrogen-bond acceptors (Lipinski definition) is 5. The molecule has 2 aromatic heterocycles. The van der Waals surface area contributed by atoms with E-state index >= 15 is 0 Å². The highest BCUT2D eigenvalue weighted by Gasteiger charge is 2.25. The number of hydrogen-bond donors (Lipinski definition) is 1. The summed E-state index contributed by atoms with van der Waals surface area (Å²) < 4.78 is 9.92. The number of carbonyl (C=O) groups is 2. The van der Waals surface area contributed by atoms with Crippen LogP contribution in [0.5, 0.6) is 5.88 Å². The van der Waals surface area contributed by atoms with Crippen LogP contribution >= 0.6 is 0 Å². The summed E-state index contributed by atoms with van der Waals surface area (Å²) in [6, 6.07) is 5.04. The minimum Gasteiger partial charge on any atom is -0.481 e. The average molecular weight is 329 g/mol. The second kappa shape index (κ2) is 7.16. The molecule has 0 spiro atoms. The van der Waals surface area contributed by atoms with E-state index in [0.29, 0.717) is 30.1 Å². The summed E-state index contributed by atoms with van der Waals surface area (Å²) in [4.78, 5) is 30.3. The quantitative estimate of drug-likeness (QED) is 0.923. The van der Waals surface area contributed by atoms with Gasteiger partial charge in [-0.1, -0.05) is 0 Å². The second-order valence-corrected chi connectivity index (χ2v) is 5.64. The standard InChI is InChI=1S/C17H19N3O4/c1-23-15-3-2-12(10-18-15)16(21)19-14-4-7-20(8-5-14)17(22)13-6-9-24-11-13/h2-3,6,9-11,14H,4-5,7-8H2,1H3,(H,19,21). The van der Waals surface area contributed by atoms with E-state index in [1.54, 1.807) is 23.1 Å². The first kappa shape index (κ1) is 16.0. The molecule has 1 saturated heterocycles. The molecule has 24 heavy (non-hydrogen) atoms. The molecule has 2 amide bonds. The van der Waals surface area contributed by atoms with E-state index in [0.717, 1.165) is 12.8 Å². The third-order valence-corrected chi connectivity index (χ3v) is 4.09. The van der Waals surface area contributed by atoms with Crippen molar-refractivity contribution in [2.45, 2.75) is 18.9 Å². The number of nitrogens with zero attached hydrogens (tertiary/aromatic N) is 2. The number of likely N-dealkylation sites (tertiary alicyclic amines) is 1. The van der Waals surface area contributed by atoms with Crippen molar-refractivity contribution in [1.29, 1.82) is 0 Å². The Labute approximate surface area is 139 Å². The van der Waals surface area contributed by atoms with Crippen molar-refractivity contribution in [3.05, 3.63) is 48.0 Å². The van der Waals surface area contributed by atoms with Gasteiger partial charge in [-0.25, -0.2) is 4.98 Å². The first-order valence-electron chi connectivity index (χ1n) is 7.80. The third kappa shape index (κ3) is 3.56. The molecule has 0 unspecified atom stereocenters. The fourth-order valence-electron chi connectivity index (χ4n) is 2.70. The largest absolute Gasteiger partial charge is 0.481 e. The first-order valence-corrected chi connectivity index (χ1v) is 7.80. The van der Waals surface area contributed by atoms with Gasteiger partial charge in [0.1, 0.15) is 6.26 Å². The molecule has 7 nitrogen and oxygen atoms in total. The number of rotatable bonds is 4. The SMILES string of the molecule is COc1ccc(C(=O)NC2CCN(C(=O)c3ccoc3)CC2)cn1. The zero-order valence-corrected chi connectivity index (χ0v) is 13.4. The van der Waals surface area contributed by atoms with Gasteiger partial charge in [0.05, 0.1) is 24.5 Å². The number of aromatic nitrogens is 1. The van der Waals surface area contributed by atoms with E-state index in [1.165, 1.54) is 25.8 Å². The average Bonchev–Trinajstić information content (AvgIpc) is 3.16. The molecule has 0 aliphatic carbocycles. The Morgan fingerprint density at radius 2 is 2.04 bits per heavy atom. The van der Waals surface area contributed by atoms with Gasteiger partial charge in [-0.3, -0.25) is 9.59 Å². The van der Waals surface area contributed by atoms with E-state index in [1.807, 2.05) is 0 Å². The van der Waals surface area contributed by atoms with Crippen molar-refractivity contribution >= 4 is 11.8 Å². The molecule has 1 fully saturated rings. The lowest BCUT2D eigenvalue weighted by atomic mass is 10.0. The zero-order chi connectivity index (χ0) is 16.9. The highest BCUT2D eigenvalue weighted by molar-refractivity contribution is 5.94. The Kier molecular flexibility index (Phi) is 4.79. The Hall–Kier alpha value is -2.83. The van der Waals surface area contributed by atoms with Gasteiger partial charge in [-0.05, 0) is 25.0 Å². The lowest BCUT2D eigenvalue weighted by Crippen LogP contribution is -2.46. The number of pyridine rings is 1. The lowest BCUT2D eigenvalue weighted by Gasteiger charge is -2.32. The summed E-state index contributed by atoms with van der Waals surface area (Å²) in [5.41, 5.74) is 1.05. The predicted octanol–water partition coefficient (Wildman–Crippen LogP) is 1.72. The summed E-state index contributed by atoms with van der Waals surface area (Å²) in [7, 11) is 1.53. The molecule has 0 aromatic carbocycles. The summed E-state index contributed by atoms with van der Waals surface area (Å²) in [6.07, 6.45) is 5.87. The fraction of sp³-hybridized carbons (Fsp3) is 0.353. The van der Waals surface area contributed by atoms with Crippen LogP contribution in [-0.2, 0) is 0 Å². The van der Waals surface area contributed by atoms with E-state index in [4.69, 9.17) is 9.15 Å². The fourth-order valence-corrected chi connectivity index (χ4v) is 2.70. The van der Waals surface area contributed by atoms with Crippen LogP contribution in [-0.4, -0.2) is 47.9 Å². The van der Waals surface area contributed by atoms with Crippen LogP contribution in [0.25, 0.3) is 0 Å². The Morgan fingerprint density at radius 1 is 1.25 bits per heavy atom. The van der Waals surface area contributed by atoms with Crippen LogP contribution in [0.1, 0.15) is 33.6 Å². The molecule has 1 N–H and O–H groups in total. The van der Waals surface area contributed by atoms with Gasteiger partial charge in [-0.2, -0.15) is 0 Å². The van der Waals surface area contributed by atoms with Gasteiger partial charge in [0.15, 0.2) is 0 Å². The summed E-state index contributed by atoms with van der Waals surface area (Å²) >= 11 is 0. The smallest absolute Gasteiger partial charge is 0.257 e. The molecule has 3 heterocycles. The lowest BCUT2D eigenvalue weighted by molar-refractivity contribution is 0.0697. The van der Waals surface area contributed by atoms with Gasteiger partial charge < -0.3 is 19.4 Å². The van der Waals surface area contributed by atoms with Crippen molar-refractivity contribution in [3.8, 4) is 5.88 Å². The molecule has 126 valence electrons. The van der Waals surface area contributed by atoms with Crippen molar-refractivity contribution in [1.82, 2.24) is 15.2 Å². The van der Waals surface area contributed by atoms with Crippen molar-refractivity contribution < 1.29 is 18.7 Å². The highest BCUT2D eigenvalue weighted by atomic mass is 16.5. The molecule has 2 aromatic rings. The predicted molar refractivity (Wildman–Crippen MR) is 85.9 cm³/mol. The summed E-state index contributed by atoms with van der Waals surface area (Å²) in [6.45, 7) is 1.21. The number of carbonyl (C=O) groups excluding carboxylic acids is 2. The molecule has 0 saturated carbocycles. The van der Waals surface area contributed by atoms with E-state index < -0.39 is 0 Å². The number of ether oxygens (including phenoxy) is 1. The minimum absolute atomic E-state index is 0.0344.